The molecule has 2 nitrogen and oxygen atoms in total. The molecule has 98 valence electrons. The molecule has 0 aliphatic carbocycles. The van der Waals surface area contributed by atoms with E-state index in [2.05, 4.69) is 15.9 Å². The van der Waals surface area contributed by atoms with E-state index in [1.807, 2.05) is 44.2 Å². The first-order valence-electron chi connectivity index (χ1n) is 6.16. The molecule has 0 spiro atoms. The number of hydrogen-bond acceptors (Lipinski definition) is 2. The largest absolute Gasteiger partial charge is 0.494 e. The molecule has 0 aliphatic rings. The van der Waals surface area contributed by atoms with Crippen LogP contribution in [0.4, 0.5) is 0 Å². The Morgan fingerprint density at radius 2 is 1.95 bits per heavy atom. The van der Waals surface area contributed by atoms with Gasteiger partial charge in [0, 0.05) is 15.6 Å². The minimum atomic E-state index is -0.00266. The molecule has 19 heavy (non-hydrogen) atoms. The van der Waals surface area contributed by atoms with E-state index < -0.39 is 0 Å². The standard InChI is InChI=1S/C16H15BrO2/c1-3-19-13-8-5-7-12(10-13)16(18)14-9-4-6-11(2)15(14)17/h4-10H,3H2,1-2H3. The Bertz CT molecular complexity index is 605. The predicted octanol–water partition coefficient (Wildman–Crippen LogP) is 4.39. The second kappa shape index (κ2) is 6.02. The van der Waals surface area contributed by atoms with Crippen LogP contribution in [0.15, 0.2) is 46.9 Å². The number of carbonyl (C=O) groups excluding carboxylic acids is 1. The van der Waals surface area contributed by atoms with Crippen LogP contribution in [0.25, 0.3) is 0 Å². The molecule has 2 rings (SSSR count). The summed E-state index contributed by atoms with van der Waals surface area (Å²) in [5, 5.41) is 0. The average Bonchev–Trinajstić information content (AvgIpc) is 2.42. The Kier molecular flexibility index (Phi) is 4.38. The summed E-state index contributed by atoms with van der Waals surface area (Å²) in [6.45, 7) is 4.48. The van der Waals surface area contributed by atoms with Gasteiger partial charge in [-0.25, -0.2) is 0 Å². The van der Waals surface area contributed by atoms with Gasteiger partial charge in [-0.3, -0.25) is 4.79 Å². The van der Waals surface area contributed by atoms with E-state index in [9.17, 15) is 4.79 Å². The Balaban J connectivity index is 2.38. The molecule has 0 aromatic heterocycles. The Hall–Kier alpha value is -1.61. The van der Waals surface area contributed by atoms with Gasteiger partial charge in [0.25, 0.3) is 0 Å². The van der Waals surface area contributed by atoms with Crippen molar-refractivity contribution in [3.05, 3.63) is 63.6 Å². The lowest BCUT2D eigenvalue weighted by molar-refractivity contribution is 0.103. The van der Waals surface area contributed by atoms with E-state index in [1.54, 1.807) is 12.1 Å². The molecule has 2 aromatic rings. The Morgan fingerprint density at radius 3 is 2.68 bits per heavy atom. The molecular weight excluding hydrogens is 304 g/mol. The summed E-state index contributed by atoms with van der Waals surface area (Å²) in [6.07, 6.45) is 0. The van der Waals surface area contributed by atoms with Crippen molar-refractivity contribution in [1.82, 2.24) is 0 Å². The van der Waals surface area contributed by atoms with Crippen molar-refractivity contribution in [1.29, 1.82) is 0 Å². The highest BCUT2D eigenvalue weighted by molar-refractivity contribution is 9.10. The number of benzene rings is 2. The topological polar surface area (TPSA) is 26.3 Å². The summed E-state index contributed by atoms with van der Waals surface area (Å²) in [7, 11) is 0. The van der Waals surface area contributed by atoms with Gasteiger partial charge in [-0.05, 0) is 53.5 Å². The van der Waals surface area contributed by atoms with Crippen LogP contribution in [0.5, 0.6) is 5.75 Å². The summed E-state index contributed by atoms with van der Waals surface area (Å²) in [6, 6.07) is 13.0. The first-order valence-corrected chi connectivity index (χ1v) is 6.95. The lowest BCUT2D eigenvalue weighted by atomic mass is 10.0. The van der Waals surface area contributed by atoms with Crippen LogP contribution in [0.1, 0.15) is 28.4 Å². The first-order chi connectivity index (χ1) is 9.13. The van der Waals surface area contributed by atoms with E-state index in [0.29, 0.717) is 17.7 Å². The van der Waals surface area contributed by atoms with Gasteiger partial charge in [-0.2, -0.15) is 0 Å². The third-order valence-corrected chi connectivity index (χ3v) is 3.90. The van der Waals surface area contributed by atoms with Gasteiger partial charge in [0.05, 0.1) is 6.61 Å². The number of ketones is 1. The minimum Gasteiger partial charge on any atom is -0.494 e. The average molecular weight is 319 g/mol. The smallest absolute Gasteiger partial charge is 0.194 e. The molecule has 0 amide bonds. The fourth-order valence-electron chi connectivity index (χ4n) is 1.87. The van der Waals surface area contributed by atoms with Crippen LogP contribution in [-0.4, -0.2) is 12.4 Å². The zero-order valence-electron chi connectivity index (χ0n) is 10.9. The molecule has 0 heterocycles. The number of carbonyl (C=O) groups is 1. The van der Waals surface area contributed by atoms with Gasteiger partial charge in [-0.1, -0.05) is 24.3 Å². The summed E-state index contributed by atoms with van der Waals surface area (Å²) >= 11 is 3.48. The van der Waals surface area contributed by atoms with E-state index in [0.717, 1.165) is 15.8 Å². The highest BCUT2D eigenvalue weighted by atomic mass is 79.9. The number of rotatable bonds is 4. The maximum absolute atomic E-state index is 12.5. The molecule has 2 aromatic carbocycles. The van der Waals surface area contributed by atoms with Gasteiger partial charge < -0.3 is 4.74 Å². The summed E-state index contributed by atoms with van der Waals surface area (Å²) < 4.78 is 6.27. The highest BCUT2D eigenvalue weighted by Gasteiger charge is 2.14. The molecule has 0 atom stereocenters. The normalized spacial score (nSPS) is 10.3. The van der Waals surface area contributed by atoms with Crippen LogP contribution in [0, 0.1) is 6.92 Å². The van der Waals surface area contributed by atoms with Crippen LogP contribution < -0.4 is 4.74 Å². The number of hydrogen-bond donors (Lipinski definition) is 0. The molecule has 0 unspecified atom stereocenters. The van der Waals surface area contributed by atoms with E-state index in [4.69, 9.17) is 4.74 Å². The molecule has 0 saturated heterocycles. The number of halogens is 1. The maximum atomic E-state index is 12.5. The van der Waals surface area contributed by atoms with Crippen molar-refractivity contribution < 1.29 is 9.53 Å². The quantitative estimate of drug-likeness (QED) is 0.782. The number of aryl methyl sites for hydroxylation is 1. The van der Waals surface area contributed by atoms with Gasteiger partial charge in [0.2, 0.25) is 0 Å². The molecule has 3 heteroatoms. The molecule has 0 aliphatic heterocycles. The lowest BCUT2D eigenvalue weighted by Gasteiger charge is -2.08. The van der Waals surface area contributed by atoms with Crippen LogP contribution >= 0.6 is 15.9 Å². The van der Waals surface area contributed by atoms with E-state index in [-0.39, 0.29) is 5.78 Å². The van der Waals surface area contributed by atoms with Crippen LogP contribution in [0.2, 0.25) is 0 Å². The Labute approximate surface area is 121 Å². The molecule has 0 N–H and O–H groups in total. The second-order valence-corrected chi connectivity index (χ2v) is 5.02. The SMILES string of the molecule is CCOc1cccc(C(=O)c2cccc(C)c2Br)c1. The van der Waals surface area contributed by atoms with Crippen molar-refractivity contribution in [2.24, 2.45) is 0 Å². The fraction of sp³-hybridized carbons (Fsp3) is 0.188. The van der Waals surface area contributed by atoms with Crippen LogP contribution in [-0.2, 0) is 0 Å². The van der Waals surface area contributed by atoms with Crippen molar-refractivity contribution >= 4 is 21.7 Å². The summed E-state index contributed by atoms with van der Waals surface area (Å²) in [5.74, 6) is 0.717. The number of ether oxygens (including phenoxy) is 1. The van der Waals surface area contributed by atoms with E-state index in [1.165, 1.54) is 0 Å². The monoisotopic (exact) mass is 318 g/mol. The lowest BCUT2D eigenvalue weighted by Crippen LogP contribution is -2.03. The Morgan fingerprint density at radius 1 is 1.21 bits per heavy atom. The highest BCUT2D eigenvalue weighted by Crippen LogP contribution is 2.25. The first kappa shape index (κ1) is 13.8. The van der Waals surface area contributed by atoms with Crippen LogP contribution in [0.3, 0.4) is 0 Å². The fourth-order valence-corrected chi connectivity index (χ4v) is 2.32. The molecular formula is C16H15BrO2. The van der Waals surface area contributed by atoms with Crippen molar-refractivity contribution in [3.63, 3.8) is 0 Å². The van der Waals surface area contributed by atoms with Gasteiger partial charge in [-0.15, -0.1) is 0 Å². The van der Waals surface area contributed by atoms with Crippen molar-refractivity contribution in [2.75, 3.05) is 6.61 Å². The third kappa shape index (κ3) is 3.04. The zero-order valence-corrected chi connectivity index (χ0v) is 12.5. The molecule has 0 fully saturated rings. The third-order valence-electron chi connectivity index (χ3n) is 2.84. The zero-order chi connectivity index (χ0) is 13.8. The van der Waals surface area contributed by atoms with Gasteiger partial charge >= 0.3 is 0 Å². The summed E-state index contributed by atoms with van der Waals surface area (Å²) in [5.41, 5.74) is 2.36. The molecule has 0 radical (unpaired) electrons. The summed E-state index contributed by atoms with van der Waals surface area (Å²) in [4.78, 5) is 12.5. The minimum absolute atomic E-state index is 0.00266. The molecule has 0 saturated carbocycles. The second-order valence-electron chi connectivity index (χ2n) is 4.23. The van der Waals surface area contributed by atoms with E-state index >= 15 is 0 Å². The van der Waals surface area contributed by atoms with Crippen molar-refractivity contribution in [3.8, 4) is 5.75 Å². The maximum Gasteiger partial charge on any atom is 0.194 e. The van der Waals surface area contributed by atoms with Gasteiger partial charge in [0.15, 0.2) is 5.78 Å². The van der Waals surface area contributed by atoms with Crippen molar-refractivity contribution in [2.45, 2.75) is 13.8 Å². The van der Waals surface area contributed by atoms with Gasteiger partial charge in [0.1, 0.15) is 5.75 Å². The molecule has 0 bridgehead atoms. The predicted molar refractivity (Wildman–Crippen MR) is 79.9 cm³/mol.